The number of rotatable bonds is 3. The van der Waals surface area contributed by atoms with Crippen LogP contribution >= 0.6 is 0 Å². The van der Waals surface area contributed by atoms with Gasteiger partial charge in [0.2, 0.25) is 0 Å². The maximum atomic E-state index is 10.6. The number of aromatic nitrogens is 5. The summed E-state index contributed by atoms with van der Waals surface area (Å²) in [6.07, 6.45) is 3.97. The topological polar surface area (TPSA) is 56.4 Å². The minimum atomic E-state index is 0.625. The van der Waals surface area contributed by atoms with Gasteiger partial charge in [-0.2, -0.15) is 5.26 Å². The Balaban J connectivity index is 1.22. The summed E-state index contributed by atoms with van der Waals surface area (Å²) >= 11 is 0. The summed E-state index contributed by atoms with van der Waals surface area (Å²) < 4.78 is 9.45. The van der Waals surface area contributed by atoms with E-state index in [-0.39, 0.29) is 0 Å². The third kappa shape index (κ3) is 3.96. The first-order valence-electron chi connectivity index (χ1n) is 19.2. The number of benzene rings is 6. The fourth-order valence-corrected chi connectivity index (χ4v) is 10.1. The molecule has 264 valence electrons. The van der Waals surface area contributed by atoms with Crippen LogP contribution in [0.3, 0.4) is 0 Å². The highest BCUT2D eigenvalue weighted by Crippen LogP contribution is 2.47. The summed E-state index contributed by atoms with van der Waals surface area (Å²) in [5, 5.41) is 17.9. The van der Waals surface area contributed by atoms with E-state index >= 15 is 0 Å². The van der Waals surface area contributed by atoms with Crippen LogP contribution in [0.5, 0.6) is 0 Å². The second-order valence-electron chi connectivity index (χ2n) is 15.1. The lowest BCUT2D eigenvalue weighted by molar-refractivity contribution is 0.887. The van der Waals surface area contributed by atoms with Gasteiger partial charge in [0.05, 0.1) is 57.0 Å². The molecule has 6 heteroatoms. The predicted octanol–water partition coefficient (Wildman–Crippen LogP) is 11.6. The number of pyridine rings is 1. The Kier molecular flexibility index (Phi) is 6.28. The maximum absolute atomic E-state index is 10.6. The first kappa shape index (κ1) is 31.0. The third-order valence-electron chi connectivity index (χ3n) is 12.4. The molecule has 6 nitrogen and oxygen atoms in total. The first-order chi connectivity index (χ1) is 27.6. The molecule has 0 radical (unpaired) electrons. The van der Waals surface area contributed by atoms with Gasteiger partial charge in [0.1, 0.15) is 5.82 Å². The monoisotopic (exact) mass is 718 g/mol. The molecule has 56 heavy (non-hydrogen) atoms. The molecule has 0 saturated carbocycles. The van der Waals surface area contributed by atoms with Crippen molar-refractivity contribution in [2.24, 2.45) is 14.1 Å². The molecule has 0 N–H and O–H groups in total. The van der Waals surface area contributed by atoms with E-state index in [0.717, 1.165) is 52.0 Å². The van der Waals surface area contributed by atoms with Gasteiger partial charge in [0, 0.05) is 68.6 Å². The van der Waals surface area contributed by atoms with Crippen LogP contribution in [0.1, 0.15) is 16.7 Å². The number of aryl methyl sites for hydroxylation is 4. The average molecular weight is 719 g/mol. The van der Waals surface area contributed by atoms with E-state index in [0.29, 0.717) is 5.56 Å². The number of hydrogen-bond acceptors (Lipinski definition) is 2. The van der Waals surface area contributed by atoms with Gasteiger partial charge in [-0.1, -0.05) is 103 Å². The van der Waals surface area contributed by atoms with Crippen molar-refractivity contribution in [1.82, 2.24) is 23.3 Å². The summed E-state index contributed by atoms with van der Waals surface area (Å²) in [5.41, 5.74) is 15.5. The third-order valence-corrected chi connectivity index (χ3v) is 12.4. The number of para-hydroxylation sites is 4. The van der Waals surface area contributed by atoms with Crippen molar-refractivity contribution in [2.75, 3.05) is 0 Å². The molecule has 0 fully saturated rings. The largest absolute Gasteiger partial charge is 0.342 e. The predicted molar refractivity (Wildman–Crippen MR) is 229 cm³/mol. The normalized spacial score (nSPS) is 12.7. The van der Waals surface area contributed by atoms with Gasteiger partial charge in [-0.05, 0) is 60.4 Å². The van der Waals surface area contributed by atoms with Gasteiger partial charge in [0.25, 0.3) is 0 Å². The molecule has 1 aliphatic rings. The molecular formula is C50H34N6. The smallest absolute Gasteiger partial charge is 0.138 e. The molecule has 0 spiro atoms. The zero-order valence-electron chi connectivity index (χ0n) is 31.0. The molecule has 0 amide bonds. The van der Waals surface area contributed by atoms with Crippen molar-refractivity contribution < 1.29 is 0 Å². The Bertz CT molecular complexity index is 3520. The fraction of sp³-hybridized carbons (Fsp3) is 0.0800. The second kappa shape index (κ2) is 11.3. The van der Waals surface area contributed by atoms with Crippen LogP contribution < -0.4 is 0 Å². The molecule has 12 rings (SSSR count). The minimum Gasteiger partial charge on any atom is -0.342 e. The summed E-state index contributed by atoms with van der Waals surface area (Å²) in [7, 11) is 4.36. The molecule has 1 aliphatic carbocycles. The highest BCUT2D eigenvalue weighted by Gasteiger charge is 2.31. The van der Waals surface area contributed by atoms with Crippen molar-refractivity contribution in [3.05, 3.63) is 162 Å². The second-order valence-corrected chi connectivity index (χ2v) is 15.1. The van der Waals surface area contributed by atoms with E-state index in [1.54, 1.807) is 0 Å². The van der Waals surface area contributed by atoms with E-state index in [1.165, 1.54) is 71.4 Å². The Morgan fingerprint density at radius 1 is 0.500 bits per heavy atom. The van der Waals surface area contributed by atoms with Gasteiger partial charge in [-0.25, -0.2) is 4.98 Å². The Morgan fingerprint density at radius 3 is 1.75 bits per heavy atom. The zero-order chi connectivity index (χ0) is 37.2. The standard InChI is InChI=1S/C50H34N6/c1-53-41-19-9-5-15-32(41)36-23-25-38-34-17-7-11-21-43(34)55(49(38)47(36)53)45-29-52-46(27-40(45)31-14-4-3-13-30(31)28-51)56-44-22-12-8-18-35(44)39-26-24-37-33-16-6-10-20-42(33)54(2)48(37)50(39)56/h3-22,24,26-27,29H,23,25H2,1-2H3. The molecule has 11 aromatic rings. The minimum absolute atomic E-state index is 0.625. The Morgan fingerprint density at radius 2 is 1.04 bits per heavy atom. The van der Waals surface area contributed by atoms with Crippen molar-refractivity contribution >= 4 is 65.4 Å². The SMILES string of the molecule is Cn1c2c(c3ccccc31)CCc1c-2n(-c2cnc(-n3c4ccccc4c4ccc5c6ccccc6n(C)c5c43)cc2-c2ccccc2C#N)c2ccccc12. The molecule has 0 aliphatic heterocycles. The van der Waals surface area contributed by atoms with Crippen LogP contribution in [0.25, 0.3) is 99.4 Å². The highest BCUT2D eigenvalue weighted by molar-refractivity contribution is 6.23. The average Bonchev–Trinajstić information content (AvgIpc) is 3.96. The van der Waals surface area contributed by atoms with Crippen LogP contribution in [-0.4, -0.2) is 23.3 Å². The van der Waals surface area contributed by atoms with Gasteiger partial charge < -0.3 is 13.7 Å². The number of fused-ring (bicyclic) bond motifs is 14. The highest BCUT2D eigenvalue weighted by atomic mass is 15.1. The van der Waals surface area contributed by atoms with E-state index in [9.17, 15) is 5.26 Å². The van der Waals surface area contributed by atoms with E-state index in [2.05, 4.69) is 160 Å². The Hall–Kier alpha value is -7.36. The van der Waals surface area contributed by atoms with E-state index < -0.39 is 0 Å². The summed E-state index contributed by atoms with van der Waals surface area (Å²) in [6.45, 7) is 0. The van der Waals surface area contributed by atoms with Crippen molar-refractivity contribution in [3.63, 3.8) is 0 Å². The summed E-state index contributed by atoms with van der Waals surface area (Å²) in [4.78, 5) is 5.43. The van der Waals surface area contributed by atoms with Crippen LogP contribution in [0, 0.1) is 11.3 Å². The molecule has 5 heterocycles. The maximum Gasteiger partial charge on any atom is 0.138 e. The van der Waals surface area contributed by atoms with Crippen LogP contribution in [-0.2, 0) is 26.9 Å². The lowest BCUT2D eigenvalue weighted by Gasteiger charge is -2.22. The molecular weight excluding hydrogens is 685 g/mol. The van der Waals surface area contributed by atoms with E-state index in [1.807, 2.05) is 24.4 Å². The number of nitriles is 1. The van der Waals surface area contributed by atoms with Gasteiger partial charge in [-0.15, -0.1) is 0 Å². The zero-order valence-corrected chi connectivity index (χ0v) is 31.0. The fourth-order valence-electron chi connectivity index (χ4n) is 10.1. The molecule has 0 unspecified atom stereocenters. The molecule has 0 saturated heterocycles. The lowest BCUT2D eigenvalue weighted by atomic mass is 9.92. The molecule has 0 bridgehead atoms. The van der Waals surface area contributed by atoms with Crippen molar-refractivity contribution in [2.45, 2.75) is 12.8 Å². The van der Waals surface area contributed by atoms with Crippen LogP contribution in [0.4, 0.5) is 0 Å². The van der Waals surface area contributed by atoms with Crippen molar-refractivity contribution in [1.29, 1.82) is 5.26 Å². The van der Waals surface area contributed by atoms with Gasteiger partial charge >= 0.3 is 0 Å². The molecule has 5 aromatic heterocycles. The summed E-state index contributed by atoms with van der Waals surface area (Å²) in [5.74, 6) is 0.802. The van der Waals surface area contributed by atoms with Gasteiger partial charge in [0.15, 0.2) is 0 Å². The van der Waals surface area contributed by atoms with E-state index in [4.69, 9.17) is 4.98 Å². The van der Waals surface area contributed by atoms with Crippen molar-refractivity contribution in [3.8, 4) is 40.1 Å². The van der Waals surface area contributed by atoms with Crippen LogP contribution in [0.15, 0.2) is 146 Å². The quantitative estimate of drug-likeness (QED) is 0.183. The number of hydrogen-bond donors (Lipinski definition) is 0. The lowest BCUT2D eigenvalue weighted by Crippen LogP contribution is -2.10. The summed E-state index contributed by atoms with van der Waals surface area (Å²) in [6, 6.07) is 52.0. The Labute approximate surface area is 322 Å². The number of nitrogens with zero attached hydrogens (tertiary/aromatic N) is 6. The van der Waals surface area contributed by atoms with Gasteiger partial charge in [-0.3, -0.25) is 4.57 Å². The first-order valence-corrected chi connectivity index (χ1v) is 19.2. The molecule has 6 aromatic carbocycles. The van der Waals surface area contributed by atoms with Crippen LogP contribution in [0.2, 0.25) is 0 Å². The molecule has 0 atom stereocenters.